The smallest absolute Gasteiger partial charge is 0.246 e. The van der Waals surface area contributed by atoms with E-state index >= 15 is 4.39 Å². The van der Waals surface area contributed by atoms with Crippen molar-refractivity contribution >= 4 is 40.2 Å². The summed E-state index contributed by atoms with van der Waals surface area (Å²) in [6, 6.07) is 9.53. The summed E-state index contributed by atoms with van der Waals surface area (Å²) < 4.78 is 16.8. The second-order valence-corrected chi connectivity index (χ2v) is 12.0. The van der Waals surface area contributed by atoms with Gasteiger partial charge in [-0.05, 0) is 56.6 Å². The summed E-state index contributed by atoms with van der Waals surface area (Å²) in [7, 11) is 3.58. The van der Waals surface area contributed by atoms with Crippen molar-refractivity contribution < 1.29 is 19.4 Å². The van der Waals surface area contributed by atoms with Crippen LogP contribution < -0.4 is 10.2 Å². The van der Waals surface area contributed by atoms with E-state index in [1.165, 1.54) is 0 Å². The Labute approximate surface area is 257 Å². The number of nitrogens with one attached hydrogen (secondary N) is 1. The molecule has 2 aliphatic rings. The molecule has 2 unspecified atom stereocenters. The molecule has 1 amide bonds. The number of allylic oxidation sites excluding steroid dienone is 1. The monoisotopic (exact) mass is 610 g/mol. The standard InChI is InChI=1S/C32H40ClFN6O3/c1-5-8-26(43)39-13-15-40(16-14-39)31-22-18-23(33)28(27-19(2)24(41)17-20-9-6-7-10-21(20)27)29(34)30(22)36-32(37-31)35-12-11-25(42)38(3)4/h5-10,18-19,24-25,27,41-42H,11-17H2,1-4H3,(H,35,36,37)/b8-5+/t19-,24?,25?,27-/m0/s1. The van der Waals surface area contributed by atoms with Crippen molar-refractivity contribution in [2.75, 3.05) is 57.0 Å². The van der Waals surface area contributed by atoms with Crippen LogP contribution in [-0.4, -0.2) is 95.0 Å². The quantitative estimate of drug-likeness (QED) is 0.260. The molecule has 2 heterocycles. The second kappa shape index (κ2) is 13.1. The van der Waals surface area contributed by atoms with E-state index in [-0.39, 0.29) is 28.3 Å². The fraction of sp³-hybridized carbons (Fsp3) is 0.469. The Kier molecular flexibility index (Phi) is 9.51. The van der Waals surface area contributed by atoms with Gasteiger partial charge in [0.15, 0.2) is 5.82 Å². The summed E-state index contributed by atoms with van der Waals surface area (Å²) in [5.74, 6) is -0.533. The molecule has 2 aromatic carbocycles. The third-order valence-corrected chi connectivity index (χ3v) is 8.96. The normalized spacial score (nSPS) is 21.5. The number of piperazine rings is 1. The number of hydrogen-bond acceptors (Lipinski definition) is 8. The lowest BCUT2D eigenvalue weighted by atomic mass is 9.71. The average Bonchev–Trinajstić information content (AvgIpc) is 2.99. The Bertz CT molecular complexity index is 1510. The number of carbonyl (C=O) groups is 1. The van der Waals surface area contributed by atoms with Gasteiger partial charge in [0.2, 0.25) is 11.9 Å². The van der Waals surface area contributed by atoms with Gasteiger partial charge in [0, 0.05) is 61.0 Å². The van der Waals surface area contributed by atoms with E-state index in [1.807, 2.05) is 43.0 Å². The summed E-state index contributed by atoms with van der Waals surface area (Å²) in [5, 5.41) is 25.1. The molecular weight excluding hydrogens is 571 g/mol. The van der Waals surface area contributed by atoms with Crippen LogP contribution in [-0.2, 0) is 11.2 Å². The van der Waals surface area contributed by atoms with Gasteiger partial charge in [-0.3, -0.25) is 9.69 Å². The first-order valence-corrected chi connectivity index (χ1v) is 15.2. The molecule has 1 saturated heterocycles. The number of amides is 1. The molecule has 1 aromatic heterocycles. The zero-order valence-electron chi connectivity index (χ0n) is 25.1. The maximum atomic E-state index is 16.8. The number of aliphatic hydroxyl groups excluding tert-OH is 2. The molecular formula is C32H40ClFN6O3. The first kappa shape index (κ1) is 31.1. The second-order valence-electron chi connectivity index (χ2n) is 11.6. The van der Waals surface area contributed by atoms with Crippen LogP contribution in [0.1, 0.15) is 42.9 Å². The van der Waals surface area contributed by atoms with Crippen molar-refractivity contribution in [2.45, 2.75) is 44.9 Å². The van der Waals surface area contributed by atoms with Gasteiger partial charge in [-0.25, -0.2) is 9.37 Å². The van der Waals surface area contributed by atoms with E-state index in [0.717, 1.165) is 11.1 Å². The third-order valence-electron chi connectivity index (χ3n) is 8.64. The summed E-state index contributed by atoms with van der Waals surface area (Å²) in [4.78, 5) is 27.3. The number of aliphatic hydroxyl groups is 2. The largest absolute Gasteiger partial charge is 0.392 e. The molecule has 3 aromatic rings. The number of aromatic nitrogens is 2. The van der Waals surface area contributed by atoms with Gasteiger partial charge in [-0.1, -0.05) is 48.9 Å². The predicted molar refractivity (Wildman–Crippen MR) is 168 cm³/mol. The van der Waals surface area contributed by atoms with Gasteiger partial charge in [0.1, 0.15) is 17.6 Å². The van der Waals surface area contributed by atoms with Crippen molar-refractivity contribution in [3.05, 3.63) is 70.0 Å². The van der Waals surface area contributed by atoms with E-state index in [2.05, 4.69) is 10.3 Å². The molecule has 11 heteroatoms. The molecule has 1 aliphatic carbocycles. The number of nitrogens with zero attached hydrogens (tertiary/aromatic N) is 5. The molecule has 4 atom stereocenters. The Hall–Kier alpha value is -3.31. The van der Waals surface area contributed by atoms with Crippen LogP contribution in [0.3, 0.4) is 0 Å². The molecule has 0 bridgehead atoms. The first-order valence-electron chi connectivity index (χ1n) is 14.8. The molecule has 0 saturated carbocycles. The minimum Gasteiger partial charge on any atom is -0.392 e. The fourth-order valence-corrected chi connectivity index (χ4v) is 6.43. The van der Waals surface area contributed by atoms with E-state index in [1.54, 1.807) is 42.1 Å². The van der Waals surface area contributed by atoms with E-state index in [0.29, 0.717) is 62.3 Å². The minimum atomic E-state index is -0.656. The Morgan fingerprint density at radius 1 is 1.23 bits per heavy atom. The van der Waals surface area contributed by atoms with Gasteiger partial charge in [-0.2, -0.15) is 4.98 Å². The molecule has 0 radical (unpaired) electrons. The van der Waals surface area contributed by atoms with Gasteiger partial charge >= 0.3 is 0 Å². The van der Waals surface area contributed by atoms with Crippen LogP contribution >= 0.6 is 11.6 Å². The summed E-state index contributed by atoms with van der Waals surface area (Å²) in [5.41, 5.74) is 2.38. The SMILES string of the molecule is C/C=C/C(=O)N1CCN(c2nc(NCCC(O)N(C)C)nc3c(F)c([C@@H]4c5ccccc5CC(O)[C@@H]4C)c(Cl)cc23)CC1. The maximum absolute atomic E-state index is 16.8. The number of fused-ring (bicyclic) bond motifs is 2. The molecule has 9 nitrogen and oxygen atoms in total. The van der Waals surface area contributed by atoms with Crippen LogP contribution in [0.25, 0.3) is 10.9 Å². The number of rotatable bonds is 8. The van der Waals surface area contributed by atoms with Crippen LogP contribution in [0.4, 0.5) is 16.2 Å². The minimum absolute atomic E-state index is 0.0423. The molecule has 5 rings (SSSR count). The van der Waals surface area contributed by atoms with Crippen molar-refractivity contribution in [1.82, 2.24) is 19.8 Å². The summed E-state index contributed by atoms with van der Waals surface area (Å²) in [6.07, 6.45) is 2.90. The zero-order valence-corrected chi connectivity index (χ0v) is 25.9. The lowest BCUT2D eigenvalue weighted by Gasteiger charge is -2.37. The van der Waals surface area contributed by atoms with Crippen molar-refractivity contribution in [3.63, 3.8) is 0 Å². The van der Waals surface area contributed by atoms with Gasteiger partial charge in [0.25, 0.3) is 0 Å². The molecule has 1 fully saturated rings. The van der Waals surface area contributed by atoms with Gasteiger partial charge in [0.05, 0.1) is 6.10 Å². The van der Waals surface area contributed by atoms with Crippen LogP contribution in [0.2, 0.25) is 5.02 Å². The Morgan fingerprint density at radius 3 is 2.65 bits per heavy atom. The number of benzene rings is 2. The molecule has 3 N–H and O–H groups in total. The number of carbonyl (C=O) groups excluding carboxylic acids is 1. The van der Waals surface area contributed by atoms with Crippen molar-refractivity contribution in [1.29, 1.82) is 0 Å². The highest BCUT2D eigenvalue weighted by molar-refractivity contribution is 6.32. The highest BCUT2D eigenvalue weighted by atomic mass is 35.5. The summed E-state index contributed by atoms with van der Waals surface area (Å²) in [6.45, 7) is 6.12. The fourth-order valence-electron chi connectivity index (χ4n) is 6.12. The van der Waals surface area contributed by atoms with Crippen molar-refractivity contribution in [2.24, 2.45) is 5.92 Å². The van der Waals surface area contributed by atoms with Gasteiger partial charge < -0.3 is 25.3 Å². The Morgan fingerprint density at radius 2 is 1.95 bits per heavy atom. The van der Waals surface area contributed by atoms with E-state index in [4.69, 9.17) is 16.6 Å². The number of hydrogen-bond donors (Lipinski definition) is 3. The van der Waals surface area contributed by atoms with Crippen LogP contribution in [0.5, 0.6) is 0 Å². The van der Waals surface area contributed by atoms with Crippen LogP contribution in [0.15, 0.2) is 42.5 Å². The zero-order chi connectivity index (χ0) is 30.8. The average molecular weight is 611 g/mol. The summed E-state index contributed by atoms with van der Waals surface area (Å²) >= 11 is 6.92. The number of halogens is 2. The predicted octanol–water partition coefficient (Wildman–Crippen LogP) is 4.01. The first-order chi connectivity index (χ1) is 20.6. The lowest BCUT2D eigenvalue weighted by molar-refractivity contribution is -0.126. The van der Waals surface area contributed by atoms with E-state index < -0.39 is 24.1 Å². The highest BCUT2D eigenvalue weighted by Crippen LogP contribution is 2.46. The Balaban J connectivity index is 1.58. The van der Waals surface area contributed by atoms with Crippen LogP contribution in [0, 0.1) is 11.7 Å². The third kappa shape index (κ3) is 6.33. The van der Waals surface area contributed by atoms with Crippen molar-refractivity contribution in [3.8, 4) is 0 Å². The molecule has 43 heavy (non-hydrogen) atoms. The molecule has 1 aliphatic heterocycles. The highest BCUT2D eigenvalue weighted by Gasteiger charge is 2.37. The number of anilines is 2. The molecule has 0 spiro atoms. The topological polar surface area (TPSA) is 105 Å². The van der Waals surface area contributed by atoms with E-state index in [9.17, 15) is 15.0 Å². The maximum Gasteiger partial charge on any atom is 0.246 e. The van der Waals surface area contributed by atoms with Gasteiger partial charge in [-0.15, -0.1) is 0 Å². The molecule has 230 valence electrons. The lowest BCUT2D eigenvalue weighted by Crippen LogP contribution is -2.48.